The highest BCUT2D eigenvalue weighted by molar-refractivity contribution is 5.65. The maximum absolute atomic E-state index is 5.08. The van der Waals surface area contributed by atoms with Gasteiger partial charge in [-0.3, -0.25) is 0 Å². The second-order valence-electron chi connectivity index (χ2n) is 6.48. The van der Waals surface area contributed by atoms with E-state index in [0.29, 0.717) is 23.5 Å². The number of para-hydroxylation sites is 1. The van der Waals surface area contributed by atoms with Crippen LogP contribution >= 0.6 is 0 Å². The average molecular weight is 337 g/mol. The third-order valence-electron chi connectivity index (χ3n) is 3.90. The molecule has 0 unspecified atom stereocenters. The average Bonchev–Trinajstić information content (AvgIpc) is 2.93. The molecule has 1 aromatic carbocycles. The van der Waals surface area contributed by atoms with Gasteiger partial charge in [-0.05, 0) is 37.8 Å². The summed E-state index contributed by atoms with van der Waals surface area (Å²) in [6.45, 7) is 10.2. The third kappa shape index (κ3) is 3.96. The summed E-state index contributed by atoms with van der Waals surface area (Å²) < 4.78 is 5.08. The molecule has 2 heterocycles. The number of anilines is 4. The lowest BCUT2D eigenvalue weighted by molar-refractivity contribution is 0.400. The van der Waals surface area contributed by atoms with Gasteiger partial charge in [0.15, 0.2) is 5.82 Å². The van der Waals surface area contributed by atoms with Crippen LogP contribution in [0.4, 0.5) is 23.3 Å². The number of nitrogens with zero attached hydrogens (tertiary/aromatic N) is 3. The highest BCUT2D eigenvalue weighted by Gasteiger charge is 2.12. The van der Waals surface area contributed by atoms with Crippen LogP contribution in [0.2, 0.25) is 0 Å². The lowest BCUT2D eigenvalue weighted by Gasteiger charge is -2.17. The van der Waals surface area contributed by atoms with E-state index in [-0.39, 0.29) is 0 Å². The minimum atomic E-state index is 0.405. The smallest absolute Gasteiger partial charge is 0.229 e. The summed E-state index contributed by atoms with van der Waals surface area (Å²) in [6, 6.07) is 9.99. The molecule has 130 valence electrons. The van der Waals surface area contributed by atoms with Crippen molar-refractivity contribution in [3.63, 3.8) is 0 Å². The van der Waals surface area contributed by atoms with Crippen molar-refractivity contribution in [1.82, 2.24) is 15.1 Å². The lowest BCUT2D eigenvalue weighted by atomic mass is 9.98. The van der Waals surface area contributed by atoms with Gasteiger partial charge in [-0.15, -0.1) is 0 Å². The molecule has 6 heteroatoms. The number of benzene rings is 1. The Balaban J connectivity index is 1.91. The summed E-state index contributed by atoms with van der Waals surface area (Å²) >= 11 is 0. The fraction of sp³-hybridized carbons (Fsp3) is 0.316. The summed E-state index contributed by atoms with van der Waals surface area (Å²) in [4.78, 5) is 9.07. The summed E-state index contributed by atoms with van der Waals surface area (Å²) in [5.41, 5.74) is 4.33. The van der Waals surface area contributed by atoms with Crippen molar-refractivity contribution in [2.75, 3.05) is 10.6 Å². The van der Waals surface area contributed by atoms with Crippen molar-refractivity contribution in [2.45, 2.75) is 40.5 Å². The third-order valence-corrected chi connectivity index (χ3v) is 3.90. The molecule has 0 aliphatic rings. The van der Waals surface area contributed by atoms with Gasteiger partial charge in [0.1, 0.15) is 11.6 Å². The van der Waals surface area contributed by atoms with Gasteiger partial charge in [0.25, 0.3) is 0 Å². The van der Waals surface area contributed by atoms with Gasteiger partial charge in [0.05, 0.1) is 0 Å². The van der Waals surface area contributed by atoms with Crippen LogP contribution in [0.3, 0.4) is 0 Å². The summed E-state index contributed by atoms with van der Waals surface area (Å²) in [7, 11) is 0. The van der Waals surface area contributed by atoms with Gasteiger partial charge in [-0.1, -0.05) is 37.2 Å². The molecule has 0 saturated carbocycles. The van der Waals surface area contributed by atoms with Crippen molar-refractivity contribution in [3.05, 3.63) is 52.9 Å². The van der Waals surface area contributed by atoms with E-state index in [2.05, 4.69) is 64.7 Å². The van der Waals surface area contributed by atoms with Gasteiger partial charge in [0.2, 0.25) is 5.95 Å². The number of nitrogens with one attached hydrogen (secondary N) is 2. The fourth-order valence-corrected chi connectivity index (χ4v) is 2.70. The Labute approximate surface area is 147 Å². The highest BCUT2D eigenvalue weighted by Crippen LogP contribution is 2.29. The number of hydrogen-bond acceptors (Lipinski definition) is 6. The summed E-state index contributed by atoms with van der Waals surface area (Å²) in [5.74, 6) is 3.00. The second kappa shape index (κ2) is 6.93. The molecule has 0 aliphatic carbocycles. The van der Waals surface area contributed by atoms with Crippen molar-refractivity contribution < 1.29 is 4.52 Å². The first-order valence-corrected chi connectivity index (χ1v) is 8.35. The van der Waals surface area contributed by atoms with Crippen LogP contribution in [-0.4, -0.2) is 15.1 Å². The maximum Gasteiger partial charge on any atom is 0.229 e. The lowest BCUT2D eigenvalue weighted by Crippen LogP contribution is -2.06. The minimum Gasteiger partial charge on any atom is -0.360 e. The zero-order chi connectivity index (χ0) is 18.0. The maximum atomic E-state index is 5.08. The predicted molar refractivity (Wildman–Crippen MR) is 99.8 cm³/mol. The van der Waals surface area contributed by atoms with Crippen LogP contribution in [0.1, 0.15) is 42.3 Å². The fourth-order valence-electron chi connectivity index (χ4n) is 2.70. The number of rotatable bonds is 5. The molecule has 0 atom stereocenters. The molecule has 25 heavy (non-hydrogen) atoms. The molecule has 6 nitrogen and oxygen atoms in total. The van der Waals surface area contributed by atoms with Crippen LogP contribution in [0.25, 0.3) is 0 Å². The largest absolute Gasteiger partial charge is 0.360 e. The molecule has 0 fully saturated rings. The topological polar surface area (TPSA) is 75.9 Å². The molecule has 0 aliphatic heterocycles. The predicted octanol–water partition coefficient (Wildman–Crippen LogP) is 5.00. The Bertz CT molecular complexity index is 885. The van der Waals surface area contributed by atoms with Crippen molar-refractivity contribution in [1.29, 1.82) is 0 Å². The number of hydrogen-bond donors (Lipinski definition) is 2. The molecule has 2 N–H and O–H groups in total. The molecule has 3 rings (SSSR count). The van der Waals surface area contributed by atoms with E-state index in [4.69, 9.17) is 4.52 Å². The van der Waals surface area contributed by atoms with Crippen molar-refractivity contribution >= 4 is 23.3 Å². The van der Waals surface area contributed by atoms with E-state index < -0.39 is 0 Å². The highest BCUT2D eigenvalue weighted by atomic mass is 16.5. The Morgan fingerprint density at radius 2 is 1.76 bits per heavy atom. The van der Waals surface area contributed by atoms with Crippen molar-refractivity contribution in [3.8, 4) is 0 Å². The molecule has 0 saturated heterocycles. The SMILES string of the molecule is Cc1cc(Nc2cc(C)on2)nc(Nc2c(C)cccc2C(C)C)n1. The molecule has 0 spiro atoms. The van der Waals surface area contributed by atoms with E-state index in [1.807, 2.05) is 26.0 Å². The van der Waals surface area contributed by atoms with E-state index in [9.17, 15) is 0 Å². The van der Waals surface area contributed by atoms with Crippen LogP contribution in [0.15, 0.2) is 34.9 Å². The van der Waals surface area contributed by atoms with Gasteiger partial charge < -0.3 is 15.2 Å². The molecule has 0 bridgehead atoms. The van der Waals surface area contributed by atoms with Crippen LogP contribution in [0.5, 0.6) is 0 Å². The number of aryl methyl sites for hydroxylation is 3. The first kappa shape index (κ1) is 17.0. The minimum absolute atomic E-state index is 0.405. The zero-order valence-electron chi connectivity index (χ0n) is 15.2. The van der Waals surface area contributed by atoms with Crippen LogP contribution < -0.4 is 10.6 Å². The monoisotopic (exact) mass is 337 g/mol. The van der Waals surface area contributed by atoms with Gasteiger partial charge in [0, 0.05) is 23.5 Å². The normalized spacial score (nSPS) is 11.0. The van der Waals surface area contributed by atoms with Crippen LogP contribution in [0, 0.1) is 20.8 Å². The number of aromatic nitrogens is 3. The first-order chi connectivity index (χ1) is 11.9. The molecule has 0 radical (unpaired) electrons. The van der Waals surface area contributed by atoms with E-state index >= 15 is 0 Å². The Kier molecular flexibility index (Phi) is 4.70. The molecular weight excluding hydrogens is 314 g/mol. The second-order valence-corrected chi connectivity index (χ2v) is 6.48. The molecular formula is C19H23N5O. The molecule has 0 amide bonds. The summed E-state index contributed by atoms with van der Waals surface area (Å²) in [6.07, 6.45) is 0. The molecule has 2 aromatic heterocycles. The van der Waals surface area contributed by atoms with Crippen molar-refractivity contribution in [2.24, 2.45) is 0 Å². The first-order valence-electron chi connectivity index (χ1n) is 8.35. The van der Waals surface area contributed by atoms with Gasteiger partial charge >= 0.3 is 0 Å². The standard InChI is InChI=1S/C19H23N5O/c1-11(2)15-8-6-7-12(3)18(15)23-19-20-13(4)9-16(22-19)21-17-10-14(5)25-24-17/h6-11H,1-5H3,(H2,20,21,22,23,24). The zero-order valence-corrected chi connectivity index (χ0v) is 15.2. The van der Waals surface area contributed by atoms with Gasteiger partial charge in [-0.2, -0.15) is 4.98 Å². The van der Waals surface area contributed by atoms with E-state index in [1.54, 1.807) is 0 Å². The van der Waals surface area contributed by atoms with E-state index in [0.717, 1.165) is 22.7 Å². The Morgan fingerprint density at radius 3 is 2.44 bits per heavy atom. The van der Waals surface area contributed by atoms with Gasteiger partial charge in [-0.25, -0.2) is 4.98 Å². The summed E-state index contributed by atoms with van der Waals surface area (Å²) in [5, 5.41) is 10.5. The molecule has 3 aromatic rings. The van der Waals surface area contributed by atoms with E-state index in [1.165, 1.54) is 5.56 Å². The Hall–Kier alpha value is -2.89. The van der Waals surface area contributed by atoms with Crippen LogP contribution in [-0.2, 0) is 0 Å². The Morgan fingerprint density at radius 1 is 0.960 bits per heavy atom. The quantitative estimate of drug-likeness (QED) is 0.682.